The second kappa shape index (κ2) is 19.2. The summed E-state index contributed by atoms with van der Waals surface area (Å²) in [7, 11) is 9.87. The number of unbranched alkanes of at least 4 members (excludes halogenated alkanes) is 4. The average Bonchev–Trinajstić information content (AvgIpc) is 3.46. The molecule has 0 heterocycles. The van der Waals surface area contributed by atoms with Crippen LogP contribution in [0.5, 0.6) is 0 Å². The second-order valence-electron chi connectivity index (χ2n) is 9.96. The van der Waals surface area contributed by atoms with E-state index >= 15 is 0 Å². The maximum atomic E-state index is 4.93. The van der Waals surface area contributed by atoms with Gasteiger partial charge in [0.05, 0.1) is 0 Å². The number of fused-ring (bicyclic) bond motifs is 2. The topological polar surface area (TPSA) is 0 Å². The standard InChI is InChI=1S/2C17H23.2ClH.Zr/c2*1-3-5-9-14-13-15-10-7-8-12-17(15)16(14)11-6-4-2;;;/h2*7-8,10,12-13H,3-6,9,11H2,1-2H3;2*1H;/q2*-1;;;+4/p-2. The van der Waals surface area contributed by atoms with E-state index in [0.29, 0.717) is 0 Å². The Kier molecular flexibility index (Phi) is 16.8. The van der Waals surface area contributed by atoms with Crippen LogP contribution < -0.4 is 0 Å². The zero-order chi connectivity index (χ0) is 26.9. The summed E-state index contributed by atoms with van der Waals surface area (Å²) in [5.74, 6) is 0. The molecular weight excluding hydrogens is 571 g/mol. The number of benzene rings is 2. The van der Waals surface area contributed by atoms with Crippen LogP contribution >= 0.6 is 17.0 Å². The Balaban J connectivity index is 0.000000235. The first kappa shape index (κ1) is 32.3. The van der Waals surface area contributed by atoms with Crippen LogP contribution in [0.4, 0.5) is 0 Å². The summed E-state index contributed by atoms with van der Waals surface area (Å²) in [6.07, 6.45) is 15.4. The number of halogens is 2. The Bertz CT molecular complexity index is 1050. The van der Waals surface area contributed by atoms with Crippen LogP contribution in [0.3, 0.4) is 0 Å². The molecule has 0 saturated carbocycles. The third kappa shape index (κ3) is 10.3. The first-order chi connectivity index (χ1) is 18.1. The normalized spacial score (nSPS) is 10.5. The Hall–Kier alpha value is -0.877. The third-order valence-electron chi connectivity index (χ3n) is 7.17. The van der Waals surface area contributed by atoms with Crippen LogP contribution in [0.15, 0.2) is 60.7 Å². The van der Waals surface area contributed by atoms with Gasteiger partial charge in [-0.15, -0.1) is 80.2 Å². The molecule has 0 aliphatic carbocycles. The van der Waals surface area contributed by atoms with Crippen molar-refractivity contribution in [3.05, 3.63) is 82.9 Å². The van der Waals surface area contributed by atoms with Gasteiger partial charge >= 0.3 is 37.9 Å². The van der Waals surface area contributed by atoms with E-state index < -0.39 is 20.8 Å². The van der Waals surface area contributed by atoms with Gasteiger partial charge in [-0.2, -0.15) is 12.1 Å². The van der Waals surface area contributed by atoms with Gasteiger partial charge in [-0.3, -0.25) is 0 Å². The van der Waals surface area contributed by atoms with Gasteiger partial charge in [0.25, 0.3) is 0 Å². The van der Waals surface area contributed by atoms with E-state index in [2.05, 4.69) is 88.4 Å². The molecule has 0 bridgehead atoms. The molecule has 0 radical (unpaired) electrons. The minimum atomic E-state index is -0.826. The van der Waals surface area contributed by atoms with Crippen LogP contribution in [0, 0.1) is 0 Å². The van der Waals surface area contributed by atoms with Gasteiger partial charge < -0.3 is 0 Å². The average molecular weight is 617 g/mol. The third-order valence-corrected chi connectivity index (χ3v) is 7.17. The fourth-order valence-electron chi connectivity index (χ4n) is 5.17. The van der Waals surface area contributed by atoms with Crippen molar-refractivity contribution in [1.82, 2.24) is 0 Å². The molecule has 200 valence electrons. The van der Waals surface area contributed by atoms with Crippen LogP contribution in [-0.4, -0.2) is 0 Å². The van der Waals surface area contributed by atoms with E-state index in [1.165, 1.54) is 98.6 Å². The molecule has 0 aliphatic rings. The minimum absolute atomic E-state index is 0.826. The molecule has 3 heteroatoms. The molecule has 0 unspecified atom stereocenters. The Morgan fingerprint density at radius 3 is 1.27 bits per heavy atom. The van der Waals surface area contributed by atoms with Crippen molar-refractivity contribution in [3.63, 3.8) is 0 Å². The molecule has 0 saturated heterocycles. The summed E-state index contributed by atoms with van der Waals surface area (Å²) in [5.41, 5.74) is 6.44. The van der Waals surface area contributed by atoms with E-state index in [4.69, 9.17) is 17.0 Å². The first-order valence-electron chi connectivity index (χ1n) is 14.4. The summed E-state index contributed by atoms with van der Waals surface area (Å²) in [6.45, 7) is 9.09. The SMILES string of the molecule is CCCCc1cc2ccccc2[c-]1CCCC.CCCCc1cc2ccccc2[c-]1CCCC.[Cl][Zr+2][Cl]. The molecular formula is C34H46Cl2Zr. The van der Waals surface area contributed by atoms with E-state index in [1.807, 2.05) is 0 Å². The van der Waals surface area contributed by atoms with Gasteiger partial charge in [-0.25, -0.2) is 0 Å². The van der Waals surface area contributed by atoms with Crippen LogP contribution in [-0.2, 0) is 46.5 Å². The Morgan fingerprint density at radius 2 is 0.919 bits per heavy atom. The van der Waals surface area contributed by atoms with Crippen molar-refractivity contribution in [2.75, 3.05) is 0 Å². The molecule has 0 N–H and O–H groups in total. The molecule has 0 aromatic heterocycles. The van der Waals surface area contributed by atoms with Crippen molar-refractivity contribution in [2.24, 2.45) is 0 Å². The fraction of sp³-hybridized carbons (Fsp3) is 0.471. The van der Waals surface area contributed by atoms with Gasteiger partial charge in [-0.1, -0.05) is 104 Å². The zero-order valence-corrected chi connectivity index (χ0v) is 27.5. The van der Waals surface area contributed by atoms with Crippen molar-refractivity contribution in [2.45, 2.75) is 105 Å². The zero-order valence-electron chi connectivity index (χ0n) is 23.5. The Labute approximate surface area is 245 Å². The number of hydrogen-bond donors (Lipinski definition) is 0. The summed E-state index contributed by atoms with van der Waals surface area (Å²) in [5, 5.41) is 5.86. The van der Waals surface area contributed by atoms with Gasteiger partial charge in [0.1, 0.15) is 0 Å². The second-order valence-corrected chi connectivity index (χ2v) is 13.7. The van der Waals surface area contributed by atoms with E-state index in [9.17, 15) is 0 Å². The van der Waals surface area contributed by atoms with E-state index in [0.717, 1.165) is 0 Å². The van der Waals surface area contributed by atoms with Crippen LogP contribution in [0.25, 0.3) is 21.5 Å². The molecule has 0 spiro atoms. The molecule has 0 nitrogen and oxygen atoms in total. The molecule has 4 aromatic rings. The fourth-order valence-corrected chi connectivity index (χ4v) is 5.17. The predicted molar refractivity (Wildman–Crippen MR) is 165 cm³/mol. The van der Waals surface area contributed by atoms with Crippen molar-refractivity contribution in [1.29, 1.82) is 0 Å². The van der Waals surface area contributed by atoms with Crippen molar-refractivity contribution < 1.29 is 20.8 Å². The molecule has 0 fully saturated rings. The molecule has 0 atom stereocenters. The predicted octanol–water partition coefficient (Wildman–Crippen LogP) is 11.9. The summed E-state index contributed by atoms with van der Waals surface area (Å²) < 4.78 is 0. The van der Waals surface area contributed by atoms with Crippen molar-refractivity contribution in [3.8, 4) is 0 Å². The summed E-state index contributed by atoms with van der Waals surface area (Å²) in [6, 6.07) is 22.5. The van der Waals surface area contributed by atoms with Gasteiger partial charge in [-0.05, 0) is 12.8 Å². The molecule has 0 aliphatic heterocycles. The van der Waals surface area contributed by atoms with Crippen LogP contribution in [0.1, 0.15) is 101 Å². The monoisotopic (exact) mass is 614 g/mol. The molecule has 37 heavy (non-hydrogen) atoms. The van der Waals surface area contributed by atoms with E-state index in [-0.39, 0.29) is 0 Å². The maximum absolute atomic E-state index is 4.93. The van der Waals surface area contributed by atoms with Crippen LogP contribution in [0.2, 0.25) is 0 Å². The van der Waals surface area contributed by atoms with E-state index in [1.54, 1.807) is 22.3 Å². The van der Waals surface area contributed by atoms with Gasteiger partial charge in [0, 0.05) is 0 Å². The summed E-state index contributed by atoms with van der Waals surface area (Å²) in [4.78, 5) is 0. The van der Waals surface area contributed by atoms with Crippen molar-refractivity contribution >= 4 is 38.6 Å². The molecule has 0 amide bonds. The molecule has 4 aromatic carbocycles. The first-order valence-corrected chi connectivity index (χ1v) is 20.8. The van der Waals surface area contributed by atoms with Gasteiger partial charge in [0.15, 0.2) is 0 Å². The Morgan fingerprint density at radius 1 is 0.568 bits per heavy atom. The number of hydrogen-bond acceptors (Lipinski definition) is 0. The summed E-state index contributed by atoms with van der Waals surface area (Å²) >= 11 is -0.826. The number of aryl methyl sites for hydroxylation is 4. The number of rotatable bonds is 12. The van der Waals surface area contributed by atoms with Gasteiger partial charge in [0.2, 0.25) is 0 Å². The molecule has 4 rings (SSSR count). The quantitative estimate of drug-likeness (QED) is 0.139.